The highest BCUT2D eigenvalue weighted by molar-refractivity contribution is 6.37. The molecular weight excluding hydrogens is 465 g/mol. The summed E-state index contributed by atoms with van der Waals surface area (Å²) in [6, 6.07) is 8.82. The van der Waals surface area contributed by atoms with Crippen molar-refractivity contribution in [3.05, 3.63) is 52.1 Å². The average Bonchev–Trinajstić information content (AvgIpc) is 2.82. The van der Waals surface area contributed by atoms with Gasteiger partial charge in [0.05, 0.1) is 16.7 Å². The fourth-order valence-electron chi connectivity index (χ4n) is 4.27. The maximum Gasteiger partial charge on any atom is 0.213 e. The number of nitrogens with two attached hydrogens (primary N) is 1. The zero-order valence-corrected chi connectivity index (χ0v) is 20.3. The molecular formula is C24H31Cl2N3O4. The Morgan fingerprint density at radius 2 is 1.97 bits per heavy atom. The molecule has 9 heteroatoms. The van der Waals surface area contributed by atoms with Gasteiger partial charge in [0.2, 0.25) is 5.88 Å². The third-order valence-corrected chi connectivity index (χ3v) is 6.39. The van der Waals surface area contributed by atoms with E-state index < -0.39 is 0 Å². The standard InChI is InChI=1S/C24H31Cl2N3O4/c1-31-16-17-4-3-9-29(14-17)23(19(12-27)15-30)18-7-8-22(28-13-18)32-10-11-33-24-20(25)5-2-6-21(24)26/h2,5-8,13,15,17,19,23H,3-4,9-12,14,16,27H2,1H3. The van der Waals surface area contributed by atoms with E-state index in [9.17, 15) is 4.79 Å². The quantitative estimate of drug-likeness (QED) is 0.351. The summed E-state index contributed by atoms with van der Waals surface area (Å²) >= 11 is 12.2. The number of pyridine rings is 1. The molecule has 2 heterocycles. The molecule has 1 saturated heterocycles. The van der Waals surface area contributed by atoms with Gasteiger partial charge < -0.3 is 24.7 Å². The van der Waals surface area contributed by atoms with Crippen LogP contribution >= 0.6 is 23.2 Å². The minimum Gasteiger partial charge on any atom is -0.487 e. The van der Waals surface area contributed by atoms with Gasteiger partial charge >= 0.3 is 0 Å². The first-order valence-corrected chi connectivity index (χ1v) is 11.9. The van der Waals surface area contributed by atoms with E-state index in [0.29, 0.717) is 34.2 Å². The van der Waals surface area contributed by atoms with Crippen molar-refractivity contribution in [3.8, 4) is 11.6 Å². The summed E-state index contributed by atoms with van der Waals surface area (Å²) in [4.78, 5) is 18.6. The van der Waals surface area contributed by atoms with E-state index in [1.165, 1.54) is 0 Å². The molecule has 3 atom stereocenters. The lowest BCUT2D eigenvalue weighted by Gasteiger charge is -2.40. The Labute approximate surface area is 205 Å². The van der Waals surface area contributed by atoms with Crippen LogP contribution in [-0.2, 0) is 9.53 Å². The Bertz CT molecular complexity index is 862. The number of benzene rings is 1. The molecule has 2 aromatic rings. The summed E-state index contributed by atoms with van der Waals surface area (Å²) in [6.45, 7) is 3.31. The van der Waals surface area contributed by atoms with E-state index in [1.807, 2.05) is 6.07 Å². The molecule has 180 valence electrons. The second-order valence-corrected chi connectivity index (χ2v) is 8.93. The zero-order chi connectivity index (χ0) is 23.6. The molecule has 0 saturated carbocycles. The molecule has 1 aliphatic rings. The summed E-state index contributed by atoms with van der Waals surface area (Å²) in [7, 11) is 1.72. The number of nitrogens with zero attached hydrogens (tertiary/aromatic N) is 2. The number of aldehydes is 1. The molecule has 1 aliphatic heterocycles. The van der Waals surface area contributed by atoms with Crippen molar-refractivity contribution in [2.45, 2.75) is 18.9 Å². The summed E-state index contributed by atoms with van der Waals surface area (Å²) in [5.74, 6) is 1.04. The molecule has 0 bridgehead atoms. The molecule has 1 aromatic carbocycles. The molecule has 1 aromatic heterocycles. The summed E-state index contributed by atoms with van der Waals surface area (Å²) < 4.78 is 16.7. The number of para-hydroxylation sites is 1. The molecule has 33 heavy (non-hydrogen) atoms. The van der Waals surface area contributed by atoms with E-state index in [1.54, 1.807) is 37.6 Å². The van der Waals surface area contributed by atoms with E-state index in [4.69, 9.17) is 43.1 Å². The van der Waals surface area contributed by atoms with Gasteiger partial charge in [-0.3, -0.25) is 4.90 Å². The van der Waals surface area contributed by atoms with Crippen LogP contribution in [0.15, 0.2) is 36.5 Å². The van der Waals surface area contributed by atoms with Gasteiger partial charge in [-0.15, -0.1) is 0 Å². The largest absolute Gasteiger partial charge is 0.487 e. The predicted octanol–water partition coefficient (Wildman–Crippen LogP) is 4.02. The smallest absolute Gasteiger partial charge is 0.213 e. The molecule has 1 fully saturated rings. The maximum absolute atomic E-state index is 11.8. The van der Waals surface area contributed by atoms with Gasteiger partial charge in [-0.2, -0.15) is 0 Å². The molecule has 0 aliphatic carbocycles. The number of rotatable bonds is 12. The minimum atomic E-state index is -0.311. The summed E-state index contributed by atoms with van der Waals surface area (Å²) in [5, 5.41) is 0.900. The molecule has 0 radical (unpaired) electrons. The number of halogens is 2. The third kappa shape index (κ3) is 7.04. The summed E-state index contributed by atoms with van der Waals surface area (Å²) in [5.41, 5.74) is 6.89. The van der Waals surface area contributed by atoms with E-state index in [-0.39, 0.29) is 31.7 Å². The van der Waals surface area contributed by atoms with Gasteiger partial charge in [-0.1, -0.05) is 35.3 Å². The molecule has 7 nitrogen and oxygen atoms in total. The Balaban J connectivity index is 1.62. The van der Waals surface area contributed by atoms with E-state index in [2.05, 4.69) is 9.88 Å². The normalized spacial score (nSPS) is 18.5. The van der Waals surface area contributed by atoms with Crippen molar-refractivity contribution >= 4 is 29.5 Å². The lowest BCUT2D eigenvalue weighted by Crippen LogP contribution is -2.44. The monoisotopic (exact) mass is 495 g/mol. The van der Waals surface area contributed by atoms with Crippen LogP contribution in [0.5, 0.6) is 11.6 Å². The molecule has 2 N–H and O–H groups in total. The number of carbonyl (C=O) groups excluding carboxylic acids is 1. The van der Waals surface area contributed by atoms with Gasteiger partial charge in [0.1, 0.15) is 19.5 Å². The Morgan fingerprint density at radius 3 is 2.61 bits per heavy atom. The SMILES string of the molecule is COCC1CCCN(C(c2ccc(OCCOc3c(Cl)cccc3Cl)nc2)C(C=O)CN)C1. The van der Waals surface area contributed by atoms with Crippen LogP contribution in [0.1, 0.15) is 24.4 Å². The van der Waals surface area contributed by atoms with Crippen molar-refractivity contribution in [3.63, 3.8) is 0 Å². The van der Waals surface area contributed by atoms with E-state index in [0.717, 1.165) is 37.8 Å². The van der Waals surface area contributed by atoms with Gasteiger partial charge in [0.15, 0.2) is 5.75 Å². The van der Waals surface area contributed by atoms with Crippen molar-refractivity contribution < 1.29 is 19.0 Å². The molecule has 0 amide bonds. The third-order valence-electron chi connectivity index (χ3n) is 5.80. The Morgan fingerprint density at radius 1 is 1.21 bits per heavy atom. The fraction of sp³-hybridized carbons (Fsp3) is 0.500. The second kappa shape index (κ2) is 13.1. The number of carbonyl (C=O) groups is 1. The highest BCUT2D eigenvalue weighted by Gasteiger charge is 2.32. The van der Waals surface area contributed by atoms with Crippen LogP contribution in [0.3, 0.4) is 0 Å². The Kier molecular flexibility index (Phi) is 10.2. The van der Waals surface area contributed by atoms with Crippen molar-refractivity contribution in [2.24, 2.45) is 17.6 Å². The van der Waals surface area contributed by atoms with Crippen LogP contribution in [0, 0.1) is 11.8 Å². The first kappa shape index (κ1) is 25.7. The van der Waals surface area contributed by atoms with Crippen LogP contribution in [0.25, 0.3) is 0 Å². The number of hydrogen-bond acceptors (Lipinski definition) is 7. The van der Waals surface area contributed by atoms with Crippen molar-refractivity contribution in [1.29, 1.82) is 0 Å². The second-order valence-electron chi connectivity index (χ2n) is 8.12. The van der Waals surface area contributed by atoms with Crippen molar-refractivity contribution in [2.75, 3.05) is 46.6 Å². The van der Waals surface area contributed by atoms with Crippen LogP contribution in [0.2, 0.25) is 10.0 Å². The van der Waals surface area contributed by atoms with Gasteiger partial charge in [-0.05, 0) is 43.0 Å². The lowest BCUT2D eigenvalue weighted by atomic mass is 9.89. The predicted molar refractivity (Wildman–Crippen MR) is 129 cm³/mol. The minimum absolute atomic E-state index is 0.126. The van der Waals surface area contributed by atoms with Crippen LogP contribution < -0.4 is 15.2 Å². The fourth-order valence-corrected chi connectivity index (χ4v) is 4.78. The molecule has 3 unspecified atom stereocenters. The number of methoxy groups -OCH3 is 1. The molecule has 3 rings (SSSR count). The number of aromatic nitrogens is 1. The van der Waals surface area contributed by atoms with Gasteiger partial charge in [-0.25, -0.2) is 4.98 Å². The number of likely N-dealkylation sites (tertiary alicyclic amines) is 1. The highest BCUT2D eigenvalue weighted by Crippen LogP contribution is 2.33. The van der Waals surface area contributed by atoms with Crippen LogP contribution in [0.4, 0.5) is 0 Å². The number of hydrogen-bond donors (Lipinski definition) is 1. The van der Waals surface area contributed by atoms with Gasteiger partial charge in [0, 0.05) is 44.4 Å². The average molecular weight is 496 g/mol. The van der Waals surface area contributed by atoms with Gasteiger partial charge in [0.25, 0.3) is 0 Å². The van der Waals surface area contributed by atoms with E-state index >= 15 is 0 Å². The first-order valence-electron chi connectivity index (χ1n) is 11.1. The summed E-state index contributed by atoms with van der Waals surface area (Å²) in [6.07, 6.45) is 4.90. The zero-order valence-electron chi connectivity index (χ0n) is 18.8. The maximum atomic E-state index is 11.8. The van der Waals surface area contributed by atoms with Crippen molar-refractivity contribution in [1.82, 2.24) is 9.88 Å². The topological polar surface area (TPSA) is 86.9 Å². The van der Waals surface area contributed by atoms with Crippen LogP contribution in [-0.4, -0.2) is 62.7 Å². The molecule has 0 spiro atoms. The Hall–Kier alpha value is -1.90. The number of ether oxygens (including phenoxy) is 3. The first-order chi connectivity index (χ1) is 16.1. The lowest BCUT2D eigenvalue weighted by molar-refractivity contribution is -0.113. The highest BCUT2D eigenvalue weighted by atomic mass is 35.5. The number of piperidine rings is 1.